The molecule has 1 atom stereocenters. The zero-order valence-electron chi connectivity index (χ0n) is 8.19. The average molecular weight is 192 g/mol. The predicted molar refractivity (Wildman–Crippen MR) is 61.2 cm³/mol. The van der Waals surface area contributed by atoms with Gasteiger partial charge in [-0.3, -0.25) is 0 Å². The van der Waals surface area contributed by atoms with Gasteiger partial charge in [0.1, 0.15) is 0 Å². The Labute approximate surface area is 75.1 Å². The van der Waals surface area contributed by atoms with Gasteiger partial charge in [0.05, 0.1) is 0 Å². The summed E-state index contributed by atoms with van der Waals surface area (Å²) < 4.78 is 0. The Bertz CT molecular complexity index is 72.0. The first kappa shape index (κ1) is 11.9. The van der Waals surface area contributed by atoms with E-state index in [1.54, 1.807) is 0 Å². The molecule has 0 spiro atoms. The van der Waals surface area contributed by atoms with Gasteiger partial charge in [0.2, 0.25) is 0 Å². The van der Waals surface area contributed by atoms with Gasteiger partial charge in [0, 0.05) is 0 Å². The molecule has 0 amide bonds. The Morgan fingerprint density at radius 1 is 1.00 bits per heavy atom. The summed E-state index contributed by atoms with van der Waals surface area (Å²) in [6, 6.07) is 0. The van der Waals surface area contributed by atoms with Crippen LogP contribution < -0.4 is 0 Å². The Morgan fingerprint density at radius 2 is 1.64 bits per heavy atom. The molecule has 2 heteroatoms. The largest absolute Gasteiger partial charge is 0.125 e. The van der Waals surface area contributed by atoms with Crippen LogP contribution in [-0.2, 0) is 0 Å². The van der Waals surface area contributed by atoms with Gasteiger partial charge in [-0.1, -0.05) is 12.8 Å². The van der Waals surface area contributed by atoms with Crippen molar-refractivity contribution in [2.45, 2.75) is 25.7 Å². The molecule has 0 aromatic carbocycles. The summed E-state index contributed by atoms with van der Waals surface area (Å²) in [6.45, 7) is 7.06. The van der Waals surface area contributed by atoms with E-state index in [0.717, 1.165) is 0 Å². The summed E-state index contributed by atoms with van der Waals surface area (Å²) in [6.07, 6.45) is 8.86. The minimum Gasteiger partial charge on any atom is -0.125 e. The topological polar surface area (TPSA) is 0 Å². The van der Waals surface area contributed by atoms with Gasteiger partial charge in [0.15, 0.2) is 0 Å². The second-order valence-electron chi connectivity index (χ2n) is 3.32. The van der Waals surface area contributed by atoms with Crippen molar-refractivity contribution in [3.05, 3.63) is 0 Å². The van der Waals surface area contributed by atoms with E-state index in [1.165, 1.54) is 46.6 Å². The normalized spacial score (nSPS) is 12.0. The molecule has 0 aliphatic rings. The van der Waals surface area contributed by atoms with Gasteiger partial charge in [0.25, 0.3) is 0 Å². The Hall–Kier alpha value is 0.860. The smallest absolute Gasteiger partial charge is 0.0331 e. The monoisotopic (exact) mass is 192 g/mol. The van der Waals surface area contributed by atoms with Crippen molar-refractivity contribution in [1.82, 2.24) is 0 Å². The second kappa shape index (κ2) is 8.95. The summed E-state index contributed by atoms with van der Waals surface area (Å²) >= 11 is 0. The van der Waals surface area contributed by atoms with E-state index in [1.807, 2.05) is 0 Å². The van der Waals surface area contributed by atoms with Crippen LogP contribution in [0.4, 0.5) is 0 Å². The lowest BCUT2D eigenvalue weighted by atomic mass is 10.2. The van der Waals surface area contributed by atoms with E-state index in [0.29, 0.717) is 7.92 Å². The summed E-state index contributed by atoms with van der Waals surface area (Å²) in [5.41, 5.74) is 0. The molecular weight excluding hydrogens is 170 g/mol. The molecule has 0 rings (SSSR count). The van der Waals surface area contributed by atoms with Crippen molar-refractivity contribution in [1.29, 1.82) is 0 Å². The summed E-state index contributed by atoms with van der Waals surface area (Å²) in [7, 11) is 1.55. The Morgan fingerprint density at radius 3 is 2.18 bits per heavy atom. The maximum absolute atomic E-state index is 2.38. The summed E-state index contributed by atoms with van der Waals surface area (Å²) in [4.78, 5) is 0. The molecule has 0 aromatic rings. The molecular formula is C9H22P2. The van der Waals surface area contributed by atoms with Crippen LogP contribution in [0, 0.1) is 0 Å². The highest BCUT2D eigenvalue weighted by molar-refractivity contribution is 7.55. The average Bonchev–Trinajstić information content (AvgIpc) is 1.96. The molecule has 0 aromatic heterocycles. The number of hydrogen-bond acceptors (Lipinski definition) is 0. The van der Waals surface area contributed by atoms with Gasteiger partial charge in [-0.05, 0) is 45.2 Å². The highest BCUT2D eigenvalue weighted by Gasteiger charge is 1.92. The first-order valence-electron chi connectivity index (χ1n) is 4.56. The molecule has 0 aliphatic heterocycles. The summed E-state index contributed by atoms with van der Waals surface area (Å²) in [5, 5.41) is 0. The van der Waals surface area contributed by atoms with Gasteiger partial charge < -0.3 is 0 Å². The Balaban J connectivity index is 2.80. The molecule has 68 valence electrons. The van der Waals surface area contributed by atoms with Crippen molar-refractivity contribution in [3.63, 3.8) is 0 Å². The molecule has 0 fully saturated rings. The van der Waals surface area contributed by atoms with Crippen molar-refractivity contribution in [2.24, 2.45) is 0 Å². The lowest BCUT2D eigenvalue weighted by Gasteiger charge is -2.04. The fourth-order valence-corrected chi connectivity index (χ4v) is 2.54. The number of rotatable bonds is 7. The maximum atomic E-state index is 2.38. The van der Waals surface area contributed by atoms with Gasteiger partial charge in [-0.2, -0.15) is 0 Å². The minimum atomic E-state index is 0.377. The lowest BCUT2D eigenvalue weighted by Crippen LogP contribution is -1.84. The van der Waals surface area contributed by atoms with E-state index >= 15 is 0 Å². The van der Waals surface area contributed by atoms with Crippen LogP contribution in [-0.4, -0.2) is 32.3 Å². The molecule has 0 N–H and O–H groups in total. The molecule has 0 saturated carbocycles. The molecule has 0 saturated heterocycles. The third kappa shape index (κ3) is 10.9. The predicted octanol–water partition coefficient (Wildman–Crippen LogP) is 3.60. The zero-order valence-corrected chi connectivity index (χ0v) is 10.1. The molecule has 11 heavy (non-hydrogen) atoms. The Kier molecular flexibility index (Phi) is 9.65. The third-order valence-electron chi connectivity index (χ3n) is 1.78. The van der Waals surface area contributed by atoms with Gasteiger partial charge >= 0.3 is 0 Å². The van der Waals surface area contributed by atoms with Crippen LogP contribution in [0.15, 0.2) is 0 Å². The fraction of sp³-hybridized carbons (Fsp3) is 1.00. The first-order valence-corrected chi connectivity index (χ1v) is 8.69. The van der Waals surface area contributed by atoms with Crippen LogP contribution in [0.1, 0.15) is 25.7 Å². The van der Waals surface area contributed by atoms with Crippen LogP contribution in [0.5, 0.6) is 0 Å². The SMILES string of the molecule is CPCCCCCCP(C)C. The van der Waals surface area contributed by atoms with E-state index in [9.17, 15) is 0 Å². The second-order valence-corrected chi connectivity index (χ2v) is 7.13. The van der Waals surface area contributed by atoms with E-state index in [4.69, 9.17) is 0 Å². The summed E-state index contributed by atoms with van der Waals surface area (Å²) in [5.74, 6) is 0. The van der Waals surface area contributed by atoms with Crippen LogP contribution in [0.25, 0.3) is 0 Å². The number of hydrogen-bond donors (Lipinski definition) is 0. The number of unbranched alkanes of at least 4 members (excludes halogenated alkanes) is 3. The van der Waals surface area contributed by atoms with Crippen LogP contribution >= 0.6 is 16.5 Å². The molecule has 1 unspecified atom stereocenters. The van der Waals surface area contributed by atoms with E-state index in [-0.39, 0.29) is 0 Å². The standard InChI is InChI=1S/C9H22P2/c1-10-8-6-4-5-7-9-11(2)3/h10H,4-9H2,1-3H3. The zero-order chi connectivity index (χ0) is 8.53. The molecule has 0 aliphatic carbocycles. The molecule has 0 radical (unpaired) electrons. The first-order chi connectivity index (χ1) is 5.27. The van der Waals surface area contributed by atoms with Crippen molar-refractivity contribution in [2.75, 3.05) is 32.3 Å². The minimum absolute atomic E-state index is 0.377. The van der Waals surface area contributed by atoms with E-state index in [2.05, 4.69) is 20.0 Å². The van der Waals surface area contributed by atoms with E-state index < -0.39 is 0 Å². The lowest BCUT2D eigenvalue weighted by molar-refractivity contribution is 0.709. The van der Waals surface area contributed by atoms with Crippen molar-refractivity contribution < 1.29 is 0 Å². The fourth-order valence-electron chi connectivity index (χ4n) is 1.08. The van der Waals surface area contributed by atoms with Gasteiger partial charge in [-0.15, -0.1) is 16.5 Å². The van der Waals surface area contributed by atoms with Crippen LogP contribution in [0.2, 0.25) is 0 Å². The molecule has 0 nitrogen and oxygen atoms in total. The highest BCUT2D eigenvalue weighted by atomic mass is 31.1. The molecule has 0 heterocycles. The molecule has 0 bridgehead atoms. The third-order valence-corrected chi connectivity index (χ3v) is 3.85. The quantitative estimate of drug-likeness (QED) is 0.427. The van der Waals surface area contributed by atoms with Gasteiger partial charge in [-0.25, -0.2) is 0 Å². The van der Waals surface area contributed by atoms with Crippen LogP contribution in [0.3, 0.4) is 0 Å². The van der Waals surface area contributed by atoms with Crippen molar-refractivity contribution in [3.8, 4) is 0 Å². The van der Waals surface area contributed by atoms with Crippen molar-refractivity contribution >= 4 is 16.5 Å². The highest BCUT2D eigenvalue weighted by Crippen LogP contribution is 2.26. The maximum Gasteiger partial charge on any atom is -0.0331 e.